The number of rotatable bonds is 9. The molecule has 1 aromatic rings. The Kier molecular flexibility index (Phi) is 9.39. The van der Waals surface area contributed by atoms with E-state index in [0.717, 1.165) is 25.0 Å². The molecular formula is C38H51NO2. The molecule has 3 heteroatoms. The molecule has 41 heavy (non-hydrogen) atoms. The number of aryl methyl sites for hydroxylation is 1. The van der Waals surface area contributed by atoms with Gasteiger partial charge in [-0.2, -0.15) is 0 Å². The Morgan fingerprint density at radius 2 is 1.93 bits per heavy atom. The minimum Gasteiger partial charge on any atom is -0.485 e. The third-order valence-corrected chi connectivity index (χ3v) is 8.99. The maximum atomic E-state index is 7.14. The summed E-state index contributed by atoms with van der Waals surface area (Å²) in [6.45, 7) is 19.9. The molecule has 0 saturated heterocycles. The van der Waals surface area contributed by atoms with Crippen LogP contribution in [-0.2, 0) is 15.1 Å². The lowest BCUT2D eigenvalue weighted by Crippen LogP contribution is -2.65. The largest absolute Gasteiger partial charge is 0.485 e. The van der Waals surface area contributed by atoms with E-state index in [9.17, 15) is 0 Å². The summed E-state index contributed by atoms with van der Waals surface area (Å²) in [6, 6.07) is 6.95. The molecular weight excluding hydrogens is 502 g/mol. The van der Waals surface area contributed by atoms with Crippen LogP contribution in [0.3, 0.4) is 0 Å². The van der Waals surface area contributed by atoms with Crippen molar-refractivity contribution in [2.24, 2.45) is 5.92 Å². The second kappa shape index (κ2) is 12.4. The highest BCUT2D eigenvalue weighted by molar-refractivity contribution is 5.81. The lowest BCUT2D eigenvalue weighted by Gasteiger charge is -2.61. The molecule has 220 valence electrons. The molecule has 3 nitrogen and oxygen atoms in total. The van der Waals surface area contributed by atoms with Crippen molar-refractivity contribution in [1.82, 2.24) is 4.90 Å². The van der Waals surface area contributed by atoms with Gasteiger partial charge in [-0.05, 0) is 101 Å². The van der Waals surface area contributed by atoms with Gasteiger partial charge in [-0.1, -0.05) is 81.5 Å². The van der Waals surface area contributed by atoms with Crippen LogP contribution in [0.25, 0.3) is 5.70 Å². The highest BCUT2D eigenvalue weighted by Gasteiger charge is 2.58. The Labute approximate surface area is 249 Å². The monoisotopic (exact) mass is 553 g/mol. The number of benzene rings is 1. The number of hydrogen-bond donors (Lipinski definition) is 0. The second-order valence-electron chi connectivity index (χ2n) is 12.4. The molecule has 0 aromatic heterocycles. The predicted molar refractivity (Wildman–Crippen MR) is 174 cm³/mol. The van der Waals surface area contributed by atoms with Crippen molar-refractivity contribution in [1.29, 1.82) is 0 Å². The predicted octanol–water partition coefficient (Wildman–Crippen LogP) is 9.73. The Balaban J connectivity index is 2.09. The fourth-order valence-electron chi connectivity index (χ4n) is 6.92. The first-order valence-electron chi connectivity index (χ1n) is 15.5. The Hall–Kier alpha value is -3.04. The van der Waals surface area contributed by atoms with Crippen LogP contribution in [0.4, 0.5) is 0 Å². The summed E-state index contributed by atoms with van der Waals surface area (Å²) in [5.41, 5.74) is 8.06. The first kappa shape index (κ1) is 30.9. The van der Waals surface area contributed by atoms with Crippen LogP contribution >= 0.6 is 0 Å². The van der Waals surface area contributed by atoms with E-state index in [1.165, 1.54) is 39.1 Å². The molecule has 1 aromatic carbocycles. The van der Waals surface area contributed by atoms with Gasteiger partial charge in [0.05, 0.1) is 23.4 Å². The molecule has 1 aliphatic carbocycles. The third-order valence-electron chi connectivity index (χ3n) is 8.99. The summed E-state index contributed by atoms with van der Waals surface area (Å²) in [5.74, 6) is 1.33. The van der Waals surface area contributed by atoms with E-state index in [2.05, 4.69) is 140 Å². The summed E-state index contributed by atoms with van der Waals surface area (Å²) in [7, 11) is 1.74. The normalized spacial score (nSPS) is 27.3. The molecule has 4 unspecified atom stereocenters. The molecule has 0 spiro atoms. The van der Waals surface area contributed by atoms with Gasteiger partial charge in [0.25, 0.3) is 0 Å². The molecule has 4 rings (SSSR count). The number of methoxy groups -OCH3 is 1. The van der Waals surface area contributed by atoms with E-state index in [4.69, 9.17) is 9.47 Å². The fourth-order valence-corrected chi connectivity index (χ4v) is 6.92. The zero-order chi connectivity index (χ0) is 29.9. The van der Waals surface area contributed by atoms with Crippen LogP contribution in [0.15, 0.2) is 95.4 Å². The van der Waals surface area contributed by atoms with Crippen LogP contribution in [-0.4, -0.2) is 29.7 Å². The van der Waals surface area contributed by atoms with Crippen molar-refractivity contribution in [2.75, 3.05) is 7.11 Å². The fraction of sp³-hybridized carbons (Fsp3) is 0.474. The van der Waals surface area contributed by atoms with Crippen molar-refractivity contribution >= 4 is 5.70 Å². The van der Waals surface area contributed by atoms with Gasteiger partial charge in [0.1, 0.15) is 0 Å². The second-order valence-corrected chi connectivity index (χ2v) is 12.4. The molecule has 2 aliphatic heterocycles. The number of hydrogen-bond acceptors (Lipinski definition) is 3. The number of fused-ring (bicyclic) bond motifs is 5. The first-order valence-corrected chi connectivity index (χ1v) is 15.5. The molecule has 0 saturated carbocycles. The van der Waals surface area contributed by atoms with Crippen LogP contribution < -0.4 is 0 Å². The number of nitrogens with zero attached hydrogens (tertiary/aromatic N) is 1. The minimum absolute atomic E-state index is 0.0274. The van der Waals surface area contributed by atoms with Gasteiger partial charge in [-0.25, -0.2) is 0 Å². The van der Waals surface area contributed by atoms with E-state index in [-0.39, 0.29) is 12.1 Å². The number of ether oxygens (including phenoxy) is 2. The molecule has 0 bridgehead atoms. The summed E-state index contributed by atoms with van der Waals surface area (Å²) in [6.07, 6.45) is 24.0. The summed E-state index contributed by atoms with van der Waals surface area (Å²) >= 11 is 0. The van der Waals surface area contributed by atoms with Crippen LogP contribution in [0.2, 0.25) is 0 Å². The molecule has 0 N–H and O–H groups in total. The van der Waals surface area contributed by atoms with E-state index >= 15 is 0 Å². The Bertz CT molecular complexity index is 1350. The molecule has 0 radical (unpaired) electrons. The minimum atomic E-state index is -0.644. The van der Waals surface area contributed by atoms with Gasteiger partial charge in [-0.15, -0.1) is 0 Å². The van der Waals surface area contributed by atoms with Gasteiger partial charge in [0.2, 0.25) is 0 Å². The van der Waals surface area contributed by atoms with E-state index in [1.54, 1.807) is 7.11 Å². The van der Waals surface area contributed by atoms with Crippen LogP contribution in [0, 0.1) is 12.8 Å². The topological polar surface area (TPSA) is 21.7 Å². The van der Waals surface area contributed by atoms with E-state index in [0.29, 0.717) is 5.92 Å². The standard InChI is InChI=1S/C38H51NO2/c1-11-13-22-37(8)38(9,41-29(7)24-28(6)40-10)33-20-16-18-27(5)36(33)35-25-32(30(17-12-2)23-26(3)4)31-19-14-15-21-34(31)39(35)37/h12-14,16-20,22-26,28,34H,11,15,21H2,1-10H3/b17-12-,22-13?,29-24-,30-23+. The molecule has 2 heterocycles. The van der Waals surface area contributed by atoms with Crippen molar-refractivity contribution in [2.45, 2.75) is 105 Å². The smallest absolute Gasteiger partial charge is 0.158 e. The van der Waals surface area contributed by atoms with E-state index in [1.807, 2.05) is 0 Å². The summed E-state index contributed by atoms with van der Waals surface area (Å²) in [4.78, 5) is 2.70. The Morgan fingerprint density at radius 3 is 2.59 bits per heavy atom. The van der Waals surface area contributed by atoms with E-state index < -0.39 is 11.1 Å². The third kappa shape index (κ3) is 5.58. The van der Waals surface area contributed by atoms with Crippen molar-refractivity contribution in [3.63, 3.8) is 0 Å². The van der Waals surface area contributed by atoms with Gasteiger partial charge in [0.15, 0.2) is 5.60 Å². The lowest BCUT2D eigenvalue weighted by molar-refractivity contribution is -0.0919. The van der Waals surface area contributed by atoms with Gasteiger partial charge < -0.3 is 14.4 Å². The van der Waals surface area contributed by atoms with Gasteiger partial charge in [-0.3, -0.25) is 0 Å². The summed E-state index contributed by atoms with van der Waals surface area (Å²) < 4.78 is 12.7. The zero-order valence-corrected chi connectivity index (χ0v) is 27.0. The highest BCUT2D eigenvalue weighted by Crippen LogP contribution is 2.57. The molecule has 0 amide bonds. The lowest BCUT2D eigenvalue weighted by atomic mass is 9.66. The van der Waals surface area contributed by atoms with Crippen LogP contribution in [0.5, 0.6) is 0 Å². The van der Waals surface area contributed by atoms with Crippen molar-refractivity contribution < 1.29 is 9.47 Å². The maximum Gasteiger partial charge on any atom is 0.158 e. The average Bonchev–Trinajstić information content (AvgIpc) is 2.93. The van der Waals surface area contributed by atoms with Crippen molar-refractivity contribution in [3.05, 3.63) is 112 Å². The quantitative estimate of drug-likeness (QED) is 0.173. The highest BCUT2D eigenvalue weighted by atomic mass is 16.5. The van der Waals surface area contributed by atoms with Crippen LogP contribution in [0.1, 0.15) is 91.3 Å². The molecule has 3 aliphatic rings. The SMILES string of the molecule is C/C=C\C(=C/C(C)C)C1=C2C=CCCC2N2C(=C1)c1c(C)cccc1C(C)(O/C(C)=C\C(C)OC)C2(C)C=CCC. The Morgan fingerprint density at radius 1 is 1.17 bits per heavy atom. The van der Waals surface area contributed by atoms with Gasteiger partial charge in [0, 0.05) is 23.9 Å². The van der Waals surface area contributed by atoms with Crippen molar-refractivity contribution in [3.8, 4) is 0 Å². The maximum absolute atomic E-state index is 7.14. The first-order chi connectivity index (χ1) is 19.5. The van der Waals surface area contributed by atoms with Gasteiger partial charge >= 0.3 is 0 Å². The summed E-state index contributed by atoms with van der Waals surface area (Å²) in [5, 5.41) is 0. The average molecular weight is 554 g/mol. The molecule has 4 atom stereocenters. The number of allylic oxidation sites excluding steroid dienone is 9. The molecule has 0 fully saturated rings. The zero-order valence-electron chi connectivity index (χ0n) is 27.0.